The fourth-order valence-corrected chi connectivity index (χ4v) is 7.12. The maximum Gasteiger partial charge on any atom is 0.216 e. The number of aromatic nitrogens is 4. The SMILES string of the molecule is CC(C)N1c2ccccc2Cc2ccccc21.CC(C)n1c2ccccc2n2c3ccccc3nc12.CC(C)n1ccc2ccccc21. The zero-order valence-electron chi connectivity index (χ0n) is 28.9. The Bertz CT molecular complexity index is 2290. The van der Waals surface area contributed by atoms with Crippen LogP contribution in [0.15, 0.2) is 134 Å². The highest BCUT2D eigenvalue weighted by molar-refractivity contribution is 5.90. The van der Waals surface area contributed by atoms with Gasteiger partial charge in [-0.3, -0.25) is 4.40 Å². The van der Waals surface area contributed by atoms with Gasteiger partial charge >= 0.3 is 0 Å². The molecule has 1 aliphatic rings. The molecule has 0 spiro atoms. The Kier molecular flexibility index (Phi) is 8.53. The lowest BCUT2D eigenvalue weighted by Crippen LogP contribution is -2.29. The first-order valence-electron chi connectivity index (χ1n) is 17.2. The summed E-state index contributed by atoms with van der Waals surface area (Å²) in [5, 5.41) is 1.33. The lowest BCUT2D eigenvalue weighted by Gasteiger charge is -2.36. The van der Waals surface area contributed by atoms with Gasteiger partial charge in [0.25, 0.3) is 0 Å². The van der Waals surface area contributed by atoms with Gasteiger partial charge in [-0.1, -0.05) is 78.9 Å². The van der Waals surface area contributed by atoms with Crippen LogP contribution in [0.4, 0.5) is 11.4 Å². The molecule has 5 aromatic carbocycles. The Morgan fingerprint density at radius 2 is 1.04 bits per heavy atom. The second kappa shape index (κ2) is 13.1. The van der Waals surface area contributed by atoms with E-state index in [4.69, 9.17) is 4.98 Å². The van der Waals surface area contributed by atoms with Gasteiger partial charge in [-0.05, 0) is 107 Å². The number of benzene rings is 5. The molecule has 0 atom stereocenters. The number of anilines is 2. The zero-order valence-corrected chi connectivity index (χ0v) is 28.9. The van der Waals surface area contributed by atoms with Gasteiger partial charge in [-0.2, -0.15) is 0 Å². The first-order chi connectivity index (χ1) is 23.3. The van der Waals surface area contributed by atoms with E-state index in [0.29, 0.717) is 18.1 Å². The van der Waals surface area contributed by atoms with E-state index in [0.717, 1.165) is 17.7 Å². The van der Waals surface area contributed by atoms with Crippen molar-refractivity contribution in [2.24, 2.45) is 0 Å². The molecule has 5 nitrogen and oxygen atoms in total. The normalized spacial score (nSPS) is 12.4. The van der Waals surface area contributed by atoms with Crippen LogP contribution in [0.25, 0.3) is 38.7 Å². The summed E-state index contributed by atoms with van der Waals surface area (Å²) in [6.45, 7) is 13.3. The molecule has 4 heterocycles. The monoisotopic (exact) mass is 631 g/mol. The van der Waals surface area contributed by atoms with Crippen molar-refractivity contribution in [3.05, 3.63) is 145 Å². The van der Waals surface area contributed by atoms with Crippen LogP contribution in [0.2, 0.25) is 0 Å². The summed E-state index contributed by atoms with van der Waals surface area (Å²) < 4.78 is 6.84. The molecule has 3 aromatic heterocycles. The molecule has 0 bridgehead atoms. The summed E-state index contributed by atoms with van der Waals surface area (Å²) in [7, 11) is 0. The van der Waals surface area contributed by atoms with E-state index in [1.165, 1.54) is 50.0 Å². The molecule has 0 unspecified atom stereocenters. The van der Waals surface area contributed by atoms with Crippen molar-refractivity contribution in [1.29, 1.82) is 0 Å². The molecule has 242 valence electrons. The van der Waals surface area contributed by atoms with E-state index < -0.39 is 0 Å². The summed E-state index contributed by atoms with van der Waals surface area (Å²) in [6, 6.07) is 46.3. The average Bonchev–Trinajstić information content (AvgIpc) is 3.78. The maximum atomic E-state index is 4.80. The van der Waals surface area contributed by atoms with Crippen LogP contribution in [0.1, 0.15) is 64.8 Å². The van der Waals surface area contributed by atoms with Gasteiger partial charge in [0.2, 0.25) is 5.78 Å². The van der Waals surface area contributed by atoms with Gasteiger partial charge in [0, 0.05) is 47.6 Å². The van der Waals surface area contributed by atoms with Crippen molar-refractivity contribution in [3.63, 3.8) is 0 Å². The molecule has 0 amide bonds. The highest BCUT2D eigenvalue weighted by Crippen LogP contribution is 2.39. The highest BCUT2D eigenvalue weighted by atomic mass is 15.2. The van der Waals surface area contributed by atoms with Gasteiger partial charge in [-0.15, -0.1) is 0 Å². The number of hydrogen-bond donors (Lipinski definition) is 0. The van der Waals surface area contributed by atoms with Gasteiger partial charge in [-0.25, -0.2) is 4.98 Å². The minimum atomic E-state index is 0.388. The number of nitrogens with zero attached hydrogens (tertiary/aromatic N) is 5. The van der Waals surface area contributed by atoms with Crippen LogP contribution in [0.3, 0.4) is 0 Å². The fraction of sp³-hybridized carbons (Fsp3) is 0.233. The third kappa shape index (κ3) is 5.64. The summed E-state index contributed by atoms with van der Waals surface area (Å²) in [6.07, 6.45) is 3.20. The summed E-state index contributed by atoms with van der Waals surface area (Å²) in [5.74, 6) is 1.03. The standard InChI is InChI=1S/C16H15N3.C16H17N.C11H13N/c1-11(2)18-14-9-5-6-10-15(14)19-13-8-4-3-7-12(13)17-16(18)19;1-12(2)17-15-9-5-3-7-13(15)11-14-8-4-6-10-16(14)17;1-9(2)12-8-7-10-5-3-4-6-11(10)12/h3-11H,1-2H3;3-10,12H,11H2,1-2H3;3-9H,1-2H3. The largest absolute Gasteiger partial charge is 0.345 e. The van der Waals surface area contributed by atoms with Gasteiger partial charge in [0.05, 0.1) is 22.1 Å². The van der Waals surface area contributed by atoms with Crippen LogP contribution >= 0.6 is 0 Å². The second-order valence-electron chi connectivity index (χ2n) is 13.5. The molecular weight excluding hydrogens is 587 g/mol. The lowest BCUT2D eigenvalue weighted by molar-refractivity contribution is 0.623. The third-order valence-electron chi connectivity index (χ3n) is 9.24. The highest BCUT2D eigenvalue weighted by Gasteiger charge is 2.23. The Morgan fingerprint density at radius 3 is 1.67 bits per heavy atom. The second-order valence-corrected chi connectivity index (χ2v) is 13.5. The van der Waals surface area contributed by atoms with Gasteiger partial charge in [0.15, 0.2) is 0 Å². The maximum absolute atomic E-state index is 4.80. The Labute approximate surface area is 283 Å². The summed E-state index contributed by atoms with van der Waals surface area (Å²) in [5.41, 5.74) is 11.6. The molecule has 0 saturated heterocycles. The Morgan fingerprint density at radius 1 is 0.500 bits per heavy atom. The van der Waals surface area contributed by atoms with E-state index in [1.807, 2.05) is 6.07 Å². The topological polar surface area (TPSA) is 30.4 Å². The van der Waals surface area contributed by atoms with Crippen molar-refractivity contribution in [1.82, 2.24) is 18.5 Å². The molecule has 0 radical (unpaired) electrons. The summed E-state index contributed by atoms with van der Waals surface area (Å²) >= 11 is 0. The first-order valence-corrected chi connectivity index (χ1v) is 17.2. The molecule has 5 heteroatoms. The van der Waals surface area contributed by atoms with Crippen molar-refractivity contribution in [2.45, 2.75) is 66.1 Å². The predicted molar refractivity (Wildman–Crippen MR) is 204 cm³/mol. The van der Waals surface area contributed by atoms with Crippen LogP contribution in [0.5, 0.6) is 0 Å². The molecule has 48 heavy (non-hydrogen) atoms. The zero-order chi connectivity index (χ0) is 33.4. The van der Waals surface area contributed by atoms with Crippen molar-refractivity contribution < 1.29 is 0 Å². The van der Waals surface area contributed by atoms with Crippen LogP contribution in [-0.4, -0.2) is 24.6 Å². The number of imidazole rings is 2. The first kappa shape index (κ1) is 31.3. The van der Waals surface area contributed by atoms with E-state index in [-0.39, 0.29) is 0 Å². The van der Waals surface area contributed by atoms with Crippen molar-refractivity contribution >= 4 is 50.1 Å². The summed E-state index contributed by atoms with van der Waals surface area (Å²) in [4.78, 5) is 7.24. The van der Waals surface area contributed by atoms with Crippen LogP contribution < -0.4 is 4.90 Å². The van der Waals surface area contributed by atoms with Gasteiger partial charge in [0.1, 0.15) is 0 Å². The molecule has 1 aliphatic heterocycles. The predicted octanol–water partition coefficient (Wildman–Crippen LogP) is 11.4. The van der Waals surface area contributed by atoms with E-state index in [1.54, 1.807) is 0 Å². The van der Waals surface area contributed by atoms with E-state index in [2.05, 4.69) is 188 Å². The smallest absolute Gasteiger partial charge is 0.216 e. The molecule has 0 saturated carbocycles. The molecule has 0 N–H and O–H groups in total. The number of hydrogen-bond acceptors (Lipinski definition) is 2. The molecular formula is C43H45N5. The lowest BCUT2D eigenvalue weighted by atomic mass is 9.94. The molecule has 0 fully saturated rings. The van der Waals surface area contributed by atoms with Crippen LogP contribution in [-0.2, 0) is 6.42 Å². The fourth-order valence-electron chi connectivity index (χ4n) is 7.12. The molecule has 0 aliphatic carbocycles. The molecule has 9 rings (SSSR count). The number of para-hydroxylation sites is 7. The number of fused-ring (bicyclic) bond motifs is 8. The van der Waals surface area contributed by atoms with Gasteiger partial charge < -0.3 is 14.0 Å². The average molecular weight is 632 g/mol. The van der Waals surface area contributed by atoms with E-state index >= 15 is 0 Å². The van der Waals surface area contributed by atoms with Crippen molar-refractivity contribution in [2.75, 3.05) is 4.90 Å². The third-order valence-corrected chi connectivity index (χ3v) is 9.24. The quantitative estimate of drug-likeness (QED) is 0.194. The Balaban J connectivity index is 0.000000117. The molecule has 8 aromatic rings. The minimum Gasteiger partial charge on any atom is -0.345 e. The minimum absolute atomic E-state index is 0.388. The Hall–Kier alpha value is -5.29. The van der Waals surface area contributed by atoms with Crippen molar-refractivity contribution in [3.8, 4) is 0 Å². The number of rotatable bonds is 3. The van der Waals surface area contributed by atoms with Crippen LogP contribution in [0, 0.1) is 0 Å². The van der Waals surface area contributed by atoms with E-state index in [9.17, 15) is 0 Å².